The first-order chi connectivity index (χ1) is 7.86. The molecule has 0 amide bonds. The third-order valence-corrected chi connectivity index (χ3v) is 2.58. The number of carboxylic acids is 1. The Labute approximate surface area is 99.1 Å². The second kappa shape index (κ2) is 5.25. The third-order valence-electron chi connectivity index (χ3n) is 2.58. The Hall–Kier alpha value is -1.46. The lowest BCUT2D eigenvalue weighted by molar-refractivity contribution is -0.144. The summed E-state index contributed by atoms with van der Waals surface area (Å²) in [7, 11) is 0. The summed E-state index contributed by atoms with van der Waals surface area (Å²) in [6.07, 6.45) is -0.678. The number of benzene rings is 1. The molecule has 3 N–H and O–H groups in total. The van der Waals surface area contributed by atoms with E-state index >= 15 is 0 Å². The van der Waals surface area contributed by atoms with Gasteiger partial charge >= 0.3 is 5.97 Å². The van der Waals surface area contributed by atoms with Crippen LogP contribution >= 0.6 is 0 Å². The van der Waals surface area contributed by atoms with Crippen molar-refractivity contribution in [3.63, 3.8) is 0 Å². The maximum atomic E-state index is 13.1. The van der Waals surface area contributed by atoms with Gasteiger partial charge in [-0.05, 0) is 31.5 Å². The van der Waals surface area contributed by atoms with Crippen LogP contribution in [0.5, 0.6) is 0 Å². The van der Waals surface area contributed by atoms with Gasteiger partial charge in [0.15, 0.2) is 0 Å². The number of carboxylic acid groups (broad SMARTS) is 1. The van der Waals surface area contributed by atoms with Crippen molar-refractivity contribution in [3.8, 4) is 0 Å². The lowest BCUT2D eigenvalue weighted by Crippen LogP contribution is -2.49. The van der Waals surface area contributed by atoms with Crippen LogP contribution in [0, 0.1) is 5.82 Å². The molecule has 0 spiro atoms. The minimum absolute atomic E-state index is 0.110. The van der Waals surface area contributed by atoms with Crippen LogP contribution in [0.3, 0.4) is 0 Å². The molecule has 0 saturated carbocycles. The van der Waals surface area contributed by atoms with Gasteiger partial charge < -0.3 is 10.2 Å². The van der Waals surface area contributed by atoms with Crippen molar-refractivity contribution in [2.24, 2.45) is 0 Å². The van der Waals surface area contributed by atoms with Crippen LogP contribution in [0.15, 0.2) is 24.3 Å². The van der Waals surface area contributed by atoms with Crippen molar-refractivity contribution in [3.05, 3.63) is 35.6 Å². The van der Waals surface area contributed by atoms with E-state index in [4.69, 9.17) is 5.11 Å². The van der Waals surface area contributed by atoms with Crippen LogP contribution in [0.1, 0.15) is 19.4 Å². The molecule has 2 atom stereocenters. The van der Waals surface area contributed by atoms with Crippen LogP contribution in [0.2, 0.25) is 0 Å². The van der Waals surface area contributed by atoms with E-state index in [1.54, 1.807) is 6.92 Å². The SMILES string of the molecule is CC(O)CNC(C)(C(=O)O)c1cccc(F)c1. The lowest BCUT2D eigenvalue weighted by Gasteiger charge is -2.27. The minimum atomic E-state index is -1.42. The summed E-state index contributed by atoms with van der Waals surface area (Å²) in [5.41, 5.74) is -1.11. The van der Waals surface area contributed by atoms with E-state index < -0.39 is 23.4 Å². The minimum Gasteiger partial charge on any atom is -0.480 e. The largest absolute Gasteiger partial charge is 0.480 e. The number of aliphatic carboxylic acids is 1. The average Bonchev–Trinajstić information content (AvgIpc) is 2.25. The fraction of sp³-hybridized carbons (Fsp3) is 0.417. The molecule has 0 aliphatic heterocycles. The lowest BCUT2D eigenvalue weighted by atomic mass is 9.92. The highest BCUT2D eigenvalue weighted by Crippen LogP contribution is 2.21. The molecule has 0 radical (unpaired) electrons. The normalized spacial score (nSPS) is 16.2. The Bertz CT molecular complexity index is 408. The Morgan fingerprint density at radius 3 is 2.71 bits per heavy atom. The van der Waals surface area contributed by atoms with Crippen molar-refractivity contribution in [1.82, 2.24) is 5.32 Å². The molecule has 0 aliphatic rings. The number of aliphatic hydroxyl groups is 1. The number of hydrogen-bond acceptors (Lipinski definition) is 3. The standard InChI is InChI=1S/C12H16FNO3/c1-8(15)7-14-12(2,11(16)17)9-4-3-5-10(13)6-9/h3-6,8,14-15H,7H2,1-2H3,(H,16,17). The molecule has 0 aliphatic carbocycles. The zero-order chi connectivity index (χ0) is 13.1. The van der Waals surface area contributed by atoms with Gasteiger partial charge in [0.05, 0.1) is 6.10 Å². The molecule has 1 aromatic carbocycles. The maximum absolute atomic E-state index is 13.1. The van der Waals surface area contributed by atoms with Crippen LogP contribution in [0.4, 0.5) is 4.39 Å². The predicted molar refractivity (Wildman–Crippen MR) is 61.1 cm³/mol. The molecular formula is C12H16FNO3. The molecular weight excluding hydrogens is 225 g/mol. The molecule has 1 rings (SSSR count). The zero-order valence-corrected chi connectivity index (χ0v) is 9.77. The second-order valence-corrected chi connectivity index (χ2v) is 4.17. The van der Waals surface area contributed by atoms with E-state index in [-0.39, 0.29) is 6.54 Å². The molecule has 4 nitrogen and oxygen atoms in total. The van der Waals surface area contributed by atoms with Crippen molar-refractivity contribution in [1.29, 1.82) is 0 Å². The summed E-state index contributed by atoms with van der Waals surface area (Å²) < 4.78 is 13.1. The molecule has 1 aromatic rings. The topological polar surface area (TPSA) is 69.6 Å². The maximum Gasteiger partial charge on any atom is 0.328 e. The van der Waals surface area contributed by atoms with Gasteiger partial charge in [0.1, 0.15) is 11.4 Å². The van der Waals surface area contributed by atoms with Crippen LogP contribution in [-0.2, 0) is 10.3 Å². The zero-order valence-electron chi connectivity index (χ0n) is 9.77. The Balaban J connectivity index is 3.03. The van der Waals surface area contributed by atoms with E-state index in [9.17, 15) is 14.3 Å². The van der Waals surface area contributed by atoms with Gasteiger partial charge in [-0.1, -0.05) is 12.1 Å². The number of rotatable bonds is 5. The van der Waals surface area contributed by atoms with Gasteiger partial charge in [0.2, 0.25) is 0 Å². The quantitative estimate of drug-likeness (QED) is 0.722. The first kappa shape index (κ1) is 13.6. The highest BCUT2D eigenvalue weighted by molar-refractivity contribution is 5.80. The van der Waals surface area contributed by atoms with Crippen LogP contribution in [0.25, 0.3) is 0 Å². The summed E-state index contributed by atoms with van der Waals surface area (Å²) in [6.45, 7) is 3.09. The average molecular weight is 241 g/mol. The first-order valence-electron chi connectivity index (χ1n) is 5.29. The van der Waals surface area contributed by atoms with Crippen LogP contribution < -0.4 is 5.32 Å². The van der Waals surface area contributed by atoms with Crippen molar-refractivity contribution < 1.29 is 19.4 Å². The second-order valence-electron chi connectivity index (χ2n) is 4.17. The molecule has 5 heteroatoms. The highest BCUT2D eigenvalue weighted by atomic mass is 19.1. The number of nitrogens with one attached hydrogen (secondary N) is 1. The Kier molecular flexibility index (Phi) is 4.20. The van der Waals surface area contributed by atoms with Crippen LogP contribution in [-0.4, -0.2) is 28.8 Å². The van der Waals surface area contributed by atoms with Gasteiger partial charge in [0, 0.05) is 6.54 Å². The summed E-state index contributed by atoms with van der Waals surface area (Å²) in [4.78, 5) is 11.3. The van der Waals surface area contributed by atoms with E-state index in [1.807, 2.05) is 0 Å². The summed E-state index contributed by atoms with van der Waals surface area (Å²) >= 11 is 0. The fourth-order valence-corrected chi connectivity index (χ4v) is 1.45. The van der Waals surface area contributed by atoms with Crippen molar-refractivity contribution >= 4 is 5.97 Å². The van der Waals surface area contributed by atoms with E-state index in [1.165, 1.54) is 31.2 Å². The number of hydrogen-bond donors (Lipinski definition) is 3. The Morgan fingerprint density at radius 1 is 1.59 bits per heavy atom. The number of halogens is 1. The molecule has 0 saturated heterocycles. The van der Waals surface area contributed by atoms with Crippen molar-refractivity contribution in [2.45, 2.75) is 25.5 Å². The van der Waals surface area contributed by atoms with E-state index in [0.717, 1.165) is 0 Å². The first-order valence-corrected chi connectivity index (χ1v) is 5.29. The molecule has 17 heavy (non-hydrogen) atoms. The van der Waals surface area contributed by atoms with Gasteiger partial charge in [0.25, 0.3) is 0 Å². The number of carbonyl (C=O) groups is 1. The number of aliphatic hydroxyl groups excluding tert-OH is 1. The molecule has 0 heterocycles. The monoisotopic (exact) mass is 241 g/mol. The van der Waals surface area contributed by atoms with Crippen molar-refractivity contribution in [2.75, 3.05) is 6.54 Å². The molecule has 2 unspecified atom stereocenters. The summed E-state index contributed by atoms with van der Waals surface area (Å²) in [5, 5.41) is 21.1. The van der Waals surface area contributed by atoms with Gasteiger partial charge in [-0.2, -0.15) is 0 Å². The van der Waals surface area contributed by atoms with E-state index in [0.29, 0.717) is 5.56 Å². The van der Waals surface area contributed by atoms with Gasteiger partial charge in [-0.15, -0.1) is 0 Å². The third kappa shape index (κ3) is 3.25. The van der Waals surface area contributed by atoms with E-state index in [2.05, 4.69) is 5.32 Å². The summed E-state index contributed by atoms with van der Waals surface area (Å²) in [5.74, 6) is -1.61. The van der Waals surface area contributed by atoms with Gasteiger partial charge in [-0.25, -0.2) is 9.18 Å². The smallest absolute Gasteiger partial charge is 0.328 e. The fourth-order valence-electron chi connectivity index (χ4n) is 1.45. The van der Waals surface area contributed by atoms with Gasteiger partial charge in [-0.3, -0.25) is 5.32 Å². The summed E-state index contributed by atoms with van der Waals surface area (Å²) in [6, 6.07) is 5.41. The predicted octanol–water partition coefficient (Wildman–Crippen LogP) is 1.10. The highest BCUT2D eigenvalue weighted by Gasteiger charge is 2.35. The molecule has 0 bridgehead atoms. The molecule has 0 aromatic heterocycles. The molecule has 0 fully saturated rings. The Morgan fingerprint density at radius 2 is 2.24 bits per heavy atom. The molecule has 94 valence electrons.